The lowest BCUT2D eigenvalue weighted by Crippen LogP contribution is -2.64. The normalized spacial score (nSPS) is 21.9. The van der Waals surface area contributed by atoms with Crippen molar-refractivity contribution < 1.29 is 9.59 Å². The lowest BCUT2D eigenvalue weighted by Gasteiger charge is -2.36. The highest BCUT2D eigenvalue weighted by atomic mass is 35.5. The highest BCUT2D eigenvalue weighted by molar-refractivity contribution is 6.50. The van der Waals surface area contributed by atoms with Gasteiger partial charge in [-0.05, 0) is 60.9 Å². The number of anilines is 3. The van der Waals surface area contributed by atoms with E-state index in [0.717, 1.165) is 54.2 Å². The highest BCUT2D eigenvalue weighted by Gasteiger charge is 2.49. The van der Waals surface area contributed by atoms with Gasteiger partial charge in [0.1, 0.15) is 29.9 Å². The quantitative estimate of drug-likeness (QED) is 0.337. The Balaban J connectivity index is 1.17. The molecule has 0 bridgehead atoms. The predicted molar refractivity (Wildman–Crippen MR) is 141 cm³/mol. The summed E-state index contributed by atoms with van der Waals surface area (Å²) in [6.07, 6.45) is 5.62. The molecule has 4 aromatic rings. The van der Waals surface area contributed by atoms with Gasteiger partial charge in [0.15, 0.2) is 0 Å². The van der Waals surface area contributed by atoms with Gasteiger partial charge in [-0.15, -0.1) is 0 Å². The van der Waals surface area contributed by atoms with Crippen molar-refractivity contribution in [2.75, 3.05) is 28.6 Å². The molecule has 9 heteroatoms. The number of halogens is 1. The Morgan fingerprint density at radius 2 is 1.72 bits per heavy atom. The van der Waals surface area contributed by atoms with Crippen molar-refractivity contribution in [2.45, 2.75) is 30.8 Å². The maximum Gasteiger partial charge on any atom is 0.225 e. The first-order valence-corrected chi connectivity index (χ1v) is 12.4. The van der Waals surface area contributed by atoms with E-state index < -0.39 is 23.7 Å². The molecular formula is C27H25ClN6O2. The molecule has 1 aliphatic heterocycles. The molecule has 2 fully saturated rings. The number of carbonyl (C=O) groups excluding carboxylic acids is 2. The number of benzene rings is 2. The molecular weight excluding hydrogens is 476 g/mol. The minimum atomic E-state index is -0.617. The standard InChI is InChI=1S/C27H25ClN6O2/c28-18-6-8-19(9-7-18)32-22-23(25(36)24(22)35)33-20-5-1-3-16(13-20)17-4-2-12-34(14-17)27-21-10-11-29-26(21)30-15-31-27/h1,3,5-11,13,15,17,22-23,32-33H,2,4,12,14H2,(H,29,30,31). The number of nitrogens with one attached hydrogen (secondary N) is 3. The first-order valence-electron chi connectivity index (χ1n) is 12.1. The van der Waals surface area contributed by atoms with Gasteiger partial charge in [0.05, 0.1) is 5.39 Å². The Bertz CT molecular complexity index is 1440. The van der Waals surface area contributed by atoms with Crippen LogP contribution in [-0.4, -0.2) is 51.7 Å². The molecule has 3 heterocycles. The van der Waals surface area contributed by atoms with Crippen LogP contribution in [0.3, 0.4) is 0 Å². The van der Waals surface area contributed by atoms with Crippen LogP contribution in [0.15, 0.2) is 67.1 Å². The van der Waals surface area contributed by atoms with Crippen LogP contribution in [-0.2, 0) is 9.59 Å². The van der Waals surface area contributed by atoms with Gasteiger partial charge in [-0.3, -0.25) is 9.59 Å². The van der Waals surface area contributed by atoms with Crippen molar-refractivity contribution in [1.29, 1.82) is 0 Å². The van der Waals surface area contributed by atoms with E-state index in [1.54, 1.807) is 30.6 Å². The van der Waals surface area contributed by atoms with E-state index in [9.17, 15) is 9.59 Å². The number of hydrogen-bond acceptors (Lipinski definition) is 7. The average Bonchev–Trinajstić information content (AvgIpc) is 3.41. The second-order valence-electron chi connectivity index (χ2n) is 9.33. The summed E-state index contributed by atoms with van der Waals surface area (Å²) in [6, 6.07) is 16.0. The number of nitrogens with zero attached hydrogens (tertiary/aromatic N) is 3. The molecule has 3 atom stereocenters. The topological polar surface area (TPSA) is 103 Å². The van der Waals surface area contributed by atoms with Crippen LogP contribution < -0.4 is 15.5 Å². The van der Waals surface area contributed by atoms with Gasteiger partial charge in [-0.25, -0.2) is 9.97 Å². The first-order chi connectivity index (χ1) is 17.6. The van der Waals surface area contributed by atoms with Crippen molar-refractivity contribution in [3.63, 3.8) is 0 Å². The van der Waals surface area contributed by atoms with Gasteiger partial charge in [0, 0.05) is 41.6 Å². The number of aromatic nitrogens is 3. The summed E-state index contributed by atoms with van der Waals surface area (Å²) in [5.41, 5.74) is 3.61. The number of rotatable bonds is 6. The zero-order valence-electron chi connectivity index (χ0n) is 19.4. The van der Waals surface area contributed by atoms with Gasteiger partial charge >= 0.3 is 0 Å². The molecule has 36 heavy (non-hydrogen) atoms. The summed E-state index contributed by atoms with van der Waals surface area (Å²) in [5.74, 6) is 0.457. The summed E-state index contributed by atoms with van der Waals surface area (Å²) in [4.78, 5) is 39.1. The summed E-state index contributed by atoms with van der Waals surface area (Å²) in [5, 5.41) is 8.08. The van der Waals surface area contributed by atoms with Gasteiger partial charge in [-0.1, -0.05) is 23.7 Å². The van der Waals surface area contributed by atoms with Crippen LogP contribution >= 0.6 is 11.6 Å². The molecule has 1 saturated carbocycles. The van der Waals surface area contributed by atoms with Crippen LogP contribution in [0.4, 0.5) is 17.2 Å². The zero-order chi connectivity index (χ0) is 24.6. The fourth-order valence-corrected chi connectivity index (χ4v) is 5.28. The maximum absolute atomic E-state index is 12.4. The Kier molecular flexibility index (Phi) is 5.81. The third-order valence-corrected chi connectivity index (χ3v) is 7.29. The van der Waals surface area contributed by atoms with Crippen molar-refractivity contribution in [1.82, 2.24) is 15.0 Å². The van der Waals surface area contributed by atoms with Crippen LogP contribution in [0, 0.1) is 0 Å². The number of H-pyrrole nitrogens is 1. The molecule has 182 valence electrons. The minimum absolute atomic E-state index is 0.325. The molecule has 0 spiro atoms. The molecule has 0 amide bonds. The number of Topliss-reactive ketones (excluding diaryl/α,β-unsaturated/α-hetero) is 2. The van der Waals surface area contributed by atoms with Crippen molar-refractivity contribution >= 4 is 51.4 Å². The van der Waals surface area contributed by atoms with Crippen molar-refractivity contribution in [3.8, 4) is 0 Å². The van der Waals surface area contributed by atoms with Crippen molar-refractivity contribution in [3.05, 3.63) is 77.7 Å². The van der Waals surface area contributed by atoms with E-state index in [-0.39, 0.29) is 0 Å². The fourth-order valence-electron chi connectivity index (χ4n) is 5.15. The van der Waals surface area contributed by atoms with Crippen LogP contribution in [0.2, 0.25) is 5.02 Å². The van der Waals surface area contributed by atoms with E-state index in [0.29, 0.717) is 10.9 Å². The highest BCUT2D eigenvalue weighted by Crippen LogP contribution is 2.33. The molecule has 3 N–H and O–H groups in total. The minimum Gasteiger partial charge on any atom is -0.373 e. The second kappa shape index (κ2) is 9.28. The maximum atomic E-state index is 12.4. The Labute approximate surface area is 213 Å². The lowest BCUT2D eigenvalue weighted by atomic mass is 9.82. The Hall–Kier alpha value is -3.91. The number of fused-ring (bicyclic) bond motifs is 1. The number of piperidine rings is 1. The molecule has 6 rings (SSSR count). The third kappa shape index (κ3) is 4.18. The SMILES string of the molecule is O=C1C(=O)C(Nc2cccc(C3CCCN(c4ncnc5[nH]ccc45)C3)c2)C1Nc1ccc(Cl)cc1. The molecule has 1 saturated heterocycles. The number of ketones is 2. The third-order valence-electron chi connectivity index (χ3n) is 7.04. The number of hydrogen-bond donors (Lipinski definition) is 3. The van der Waals surface area contributed by atoms with E-state index >= 15 is 0 Å². The lowest BCUT2D eigenvalue weighted by molar-refractivity contribution is -0.144. The van der Waals surface area contributed by atoms with Crippen LogP contribution in [0.1, 0.15) is 24.3 Å². The first kappa shape index (κ1) is 22.5. The van der Waals surface area contributed by atoms with E-state index in [1.165, 1.54) is 5.56 Å². The zero-order valence-corrected chi connectivity index (χ0v) is 20.2. The largest absolute Gasteiger partial charge is 0.373 e. The summed E-state index contributed by atoms with van der Waals surface area (Å²) in [6.45, 7) is 1.80. The fraction of sp³-hybridized carbons (Fsp3) is 0.259. The van der Waals surface area contributed by atoms with E-state index in [2.05, 4.69) is 42.6 Å². The van der Waals surface area contributed by atoms with Gasteiger partial charge in [-0.2, -0.15) is 0 Å². The molecule has 2 aromatic carbocycles. The summed E-state index contributed by atoms with van der Waals surface area (Å²) < 4.78 is 0. The molecule has 3 unspecified atom stereocenters. The average molecular weight is 501 g/mol. The molecule has 2 aliphatic rings. The smallest absolute Gasteiger partial charge is 0.225 e. The van der Waals surface area contributed by atoms with E-state index in [1.807, 2.05) is 24.4 Å². The van der Waals surface area contributed by atoms with Crippen molar-refractivity contribution in [2.24, 2.45) is 0 Å². The summed E-state index contributed by atoms with van der Waals surface area (Å²) in [7, 11) is 0. The van der Waals surface area contributed by atoms with Crippen LogP contribution in [0.25, 0.3) is 11.0 Å². The monoisotopic (exact) mass is 500 g/mol. The number of carbonyl (C=O) groups is 2. The van der Waals surface area contributed by atoms with Gasteiger partial charge in [0.2, 0.25) is 11.6 Å². The summed E-state index contributed by atoms with van der Waals surface area (Å²) >= 11 is 5.96. The van der Waals surface area contributed by atoms with Gasteiger partial charge < -0.3 is 20.5 Å². The Morgan fingerprint density at radius 1 is 0.944 bits per heavy atom. The molecule has 8 nitrogen and oxygen atoms in total. The molecule has 2 aromatic heterocycles. The second-order valence-corrected chi connectivity index (χ2v) is 9.76. The predicted octanol–water partition coefficient (Wildman–Crippen LogP) is 4.41. The van der Waals surface area contributed by atoms with Crippen LogP contribution in [0.5, 0.6) is 0 Å². The molecule has 1 aliphatic carbocycles. The van der Waals surface area contributed by atoms with Gasteiger partial charge in [0.25, 0.3) is 0 Å². The van der Waals surface area contributed by atoms with E-state index in [4.69, 9.17) is 11.6 Å². The Morgan fingerprint density at radius 3 is 2.53 bits per heavy atom. The molecule has 0 radical (unpaired) electrons. The number of aromatic amines is 1.